The summed E-state index contributed by atoms with van der Waals surface area (Å²) in [4.78, 5) is 11.7. The molecule has 96 valence electrons. The van der Waals surface area contributed by atoms with Gasteiger partial charge in [-0.1, -0.05) is 13.0 Å². The van der Waals surface area contributed by atoms with Crippen LogP contribution >= 0.6 is 11.8 Å². The number of nitrogens with one attached hydrogen (secondary N) is 2. The largest absolute Gasteiger partial charge is 0.382 e. The summed E-state index contributed by atoms with van der Waals surface area (Å²) in [5, 5.41) is 15.1. The topological polar surface area (TPSA) is 64.9 Å². The van der Waals surface area contributed by atoms with E-state index in [-0.39, 0.29) is 5.91 Å². The monoisotopic (exact) mass is 263 g/mol. The van der Waals surface area contributed by atoms with Gasteiger partial charge in [0.15, 0.2) is 0 Å². The highest BCUT2D eigenvalue weighted by Gasteiger charge is 2.07. The van der Waals surface area contributed by atoms with E-state index in [9.17, 15) is 10.1 Å². The SMILES string of the molecule is CCSc1cccc(NCCNC(C)=O)c1C#N. The first-order valence-corrected chi connectivity index (χ1v) is 6.81. The Hall–Kier alpha value is -1.67. The van der Waals surface area contributed by atoms with Gasteiger partial charge >= 0.3 is 0 Å². The van der Waals surface area contributed by atoms with Crippen LogP contribution in [0.15, 0.2) is 23.1 Å². The summed E-state index contributed by atoms with van der Waals surface area (Å²) in [5.41, 5.74) is 1.49. The van der Waals surface area contributed by atoms with Crippen LogP contribution in [0.4, 0.5) is 5.69 Å². The minimum atomic E-state index is -0.0485. The maximum absolute atomic E-state index is 10.7. The molecule has 18 heavy (non-hydrogen) atoms. The normalized spacial score (nSPS) is 9.61. The summed E-state index contributed by atoms with van der Waals surface area (Å²) in [5.74, 6) is 0.886. The fraction of sp³-hybridized carbons (Fsp3) is 0.385. The highest BCUT2D eigenvalue weighted by molar-refractivity contribution is 7.99. The number of carbonyl (C=O) groups excluding carboxylic acids is 1. The summed E-state index contributed by atoms with van der Waals surface area (Å²) >= 11 is 1.65. The van der Waals surface area contributed by atoms with Gasteiger partial charge in [0.25, 0.3) is 0 Å². The fourth-order valence-electron chi connectivity index (χ4n) is 1.51. The third-order valence-corrected chi connectivity index (χ3v) is 3.19. The molecule has 0 atom stereocenters. The molecule has 5 heteroatoms. The van der Waals surface area contributed by atoms with Gasteiger partial charge in [-0.05, 0) is 17.9 Å². The zero-order valence-electron chi connectivity index (χ0n) is 10.6. The molecule has 1 aromatic carbocycles. The molecule has 0 aromatic heterocycles. The van der Waals surface area contributed by atoms with Crippen LogP contribution in [0.2, 0.25) is 0 Å². The van der Waals surface area contributed by atoms with E-state index in [1.165, 1.54) is 6.92 Å². The molecule has 0 saturated heterocycles. The van der Waals surface area contributed by atoms with Crippen LogP contribution in [0.3, 0.4) is 0 Å². The molecule has 0 aliphatic carbocycles. The molecule has 2 N–H and O–H groups in total. The number of thioether (sulfide) groups is 1. The number of hydrogen-bond donors (Lipinski definition) is 2. The van der Waals surface area contributed by atoms with Gasteiger partial charge in [0.2, 0.25) is 5.91 Å². The van der Waals surface area contributed by atoms with Gasteiger partial charge in [-0.2, -0.15) is 5.26 Å². The first kappa shape index (κ1) is 14.4. The van der Waals surface area contributed by atoms with Crippen molar-refractivity contribution in [2.45, 2.75) is 18.7 Å². The van der Waals surface area contributed by atoms with E-state index in [2.05, 4.69) is 23.6 Å². The molecule has 0 bridgehead atoms. The Morgan fingerprint density at radius 2 is 2.22 bits per heavy atom. The van der Waals surface area contributed by atoms with E-state index >= 15 is 0 Å². The van der Waals surface area contributed by atoms with Crippen molar-refractivity contribution >= 4 is 23.4 Å². The quantitative estimate of drug-likeness (QED) is 0.610. The average molecular weight is 263 g/mol. The lowest BCUT2D eigenvalue weighted by atomic mass is 10.2. The Morgan fingerprint density at radius 1 is 1.44 bits per heavy atom. The Bertz CT molecular complexity index is 454. The fourth-order valence-corrected chi connectivity index (χ4v) is 2.29. The van der Waals surface area contributed by atoms with Crippen LogP contribution in [-0.2, 0) is 4.79 Å². The van der Waals surface area contributed by atoms with E-state index in [1.54, 1.807) is 11.8 Å². The van der Waals surface area contributed by atoms with Gasteiger partial charge in [0.1, 0.15) is 6.07 Å². The molecule has 0 saturated carbocycles. The minimum Gasteiger partial charge on any atom is -0.382 e. The summed E-state index contributed by atoms with van der Waals surface area (Å²) in [6.07, 6.45) is 0. The standard InChI is InChI=1S/C13H17N3OS/c1-3-18-13-6-4-5-12(11(13)9-14)16-8-7-15-10(2)17/h4-6,16H,3,7-8H2,1-2H3,(H,15,17). The number of nitrogens with zero attached hydrogens (tertiary/aromatic N) is 1. The lowest BCUT2D eigenvalue weighted by molar-refractivity contribution is -0.118. The molecule has 1 rings (SSSR count). The van der Waals surface area contributed by atoms with Gasteiger partial charge in [-0.25, -0.2) is 0 Å². The first-order valence-electron chi connectivity index (χ1n) is 5.83. The minimum absolute atomic E-state index is 0.0485. The lowest BCUT2D eigenvalue weighted by Gasteiger charge is -2.11. The molecule has 1 aromatic rings. The number of carbonyl (C=O) groups is 1. The van der Waals surface area contributed by atoms with Crippen molar-refractivity contribution in [1.29, 1.82) is 5.26 Å². The molecule has 0 unspecified atom stereocenters. The molecule has 0 spiro atoms. The van der Waals surface area contributed by atoms with Gasteiger partial charge in [0, 0.05) is 24.9 Å². The van der Waals surface area contributed by atoms with Crippen molar-refractivity contribution in [3.05, 3.63) is 23.8 Å². The van der Waals surface area contributed by atoms with Crippen LogP contribution in [-0.4, -0.2) is 24.7 Å². The number of benzene rings is 1. The zero-order valence-corrected chi connectivity index (χ0v) is 11.4. The third kappa shape index (κ3) is 4.30. The maximum Gasteiger partial charge on any atom is 0.216 e. The van der Waals surface area contributed by atoms with Crippen molar-refractivity contribution < 1.29 is 4.79 Å². The van der Waals surface area contributed by atoms with E-state index in [0.29, 0.717) is 18.7 Å². The average Bonchev–Trinajstić information content (AvgIpc) is 2.35. The molecule has 4 nitrogen and oxygen atoms in total. The van der Waals surface area contributed by atoms with Crippen LogP contribution < -0.4 is 10.6 Å². The number of rotatable bonds is 6. The van der Waals surface area contributed by atoms with Gasteiger partial charge in [-0.15, -0.1) is 11.8 Å². The molecular formula is C13H17N3OS. The predicted octanol–water partition coefficient (Wildman–Crippen LogP) is 2.22. The maximum atomic E-state index is 10.7. The molecule has 0 aliphatic rings. The molecular weight excluding hydrogens is 246 g/mol. The van der Waals surface area contributed by atoms with Crippen LogP contribution in [0.5, 0.6) is 0 Å². The van der Waals surface area contributed by atoms with Crippen LogP contribution in [0, 0.1) is 11.3 Å². The molecule has 1 amide bonds. The van der Waals surface area contributed by atoms with Crippen LogP contribution in [0.1, 0.15) is 19.4 Å². The first-order chi connectivity index (χ1) is 8.69. The highest BCUT2D eigenvalue weighted by Crippen LogP contribution is 2.27. The Labute approximate surface area is 112 Å². The molecule has 0 heterocycles. The van der Waals surface area contributed by atoms with Crippen molar-refractivity contribution in [3.8, 4) is 6.07 Å². The van der Waals surface area contributed by atoms with Gasteiger partial charge in [0.05, 0.1) is 11.3 Å². The smallest absolute Gasteiger partial charge is 0.216 e. The van der Waals surface area contributed by atoms with Gasteiger partial charge in [-0.3, -0.25) is 4.79 Å². The van der Waals surface area contributed by atoms with Crippen LogP contribution in [0.25, 0.3) is 0 Å². The van der Waals surface area contributed by atoms with Crippen molar-refractivity contribution in [1.82, 2.24) is 5.32 Å². The number of nitriles is 1. The lowest BCUT2D eigenvalue weighted by Crippen LogP contribution is -2.26. The van der Waals surface area contributed by atoms with E-state index in [0.717, 1.165) is 16.3 Å². The zero-order chi connectivity index (χ0) is 13.4. The molecule has 0 radical (unpaired) electrons. The second-order valence-electron chi connectivity index (χ2n) is 3.63. The number of hydrogen-bond acceptors (Lipinski definition) is 4. The van der Waals surface area contributed by atoms with Crippen molar-refractivity contribution in [3.63, 3.8) is 0 Å². The summed E-state index contributed by atoms with van der Waals surface area (Å²) in [6.45, 7) is 4.70. The Kier molecular flexibility index (Phi) is 6.09. The third-order valence-electron chi connectivity index (χ3n) is 2.25. The van der Waals surface area contributed by atoms with Crippen molar-refractivity contribution in [2.75, 3.05) is 24.2 Å². The predicted molar refractivity (Wildman–Crippen MR) is 74.7 cm³/mol. The Morgan fingerprint density at radius 3 is 2.83 bits per heavy atom. The highest BCUT2D eigenvalue weighted by atomic mass is 32.2. The molecule has 0 aliphatic heterocycles. The Balaban J connectivity index is 2.67. The van der Waals surface area contributed by atoms with Crippen molar-refractivity contribution in [2.24, 2.45) is 0 Å². The second-order valence-corrected chi connectivity index (χ2v) is 4.94. The summed E-state index contributed by atoms with van der Waals surface area (Å²) in [6, 6.07) is 7.99. The van der Waals surface area contributed by atoms with E-state index in [4.69, 9.17) is 0 Å². The number of anilines is 1. The second kappa shape index (κ2) is 7.62. The molecule has 0 fully saturated rings. The van der Waals surface area contributed by atoms with Gasteiger partial charge < -0.3 is 10.6 Å². The van der Waals surface area contributed by atoms with E-state index < -0.39 is 0 Å². The summed E-state index contributed by atoms with van der Waals surface area (Å²) < 4.78 is 0. The number of amides is 1. The summed E-state index contributed by atoms with van der Waals surface area (Å²) in [7, 11) is 0. The van der Waals surface area contributed by atoms with E-state index in [1.807, 2.05) is 18.2 Å².